The lowest BCUT2D eigenvalue weighted by molar-refractivity contribution is 0.0455. The van der Waals surface area contributed by atoms with E-state index in [0.29, 0.717) is 6.61 Å². The van der Waals surface area contributed by atoms with Gasteiger partial charge < -0.3 is 9.15 Å². The Morgan fingerprint density at radius 2 is 2.20 bits per heavy atom. The van der Waals surface area contributed by atoms with Gasteiger partial charge in [-0.2, -0.15) is 0 Å². The molecule has 0 aromatic carbocycles. The van der Waals surface area contributed by atoms with Crippen LogP contribution in [0.15, 0.2) is 16.5 Å². The zero-order chi connectivity index (χ0) is 11.1. The molecule has 1 aromatic heterocycles. The lowest BCUT2D eigenvalue weighted by Gasteiger charge is -2.01. The summed E-state index contributed by atoms with van der Waals surface area (Å²) >= 11 is 0. The zero-order valence-corrected chi connectivity index (χ0v) is 8.82. The number of furan rings is 1. The number of hydrogen-bond donors (Lipinski definition) is 0. The number of rotatable bonds is 6. The van der Waals surface area contributed by atoms with Crippen molar-refractivity contribution in [1.29, 1.82) is 0 Å². The summed E-state index contributed by atoms with van der Waals surface area (Å²) in [5.74, 6) is -0.126. The van der Waals surface area contributed by atoms with E-state index < -0.39 is 12.6 Å². The van der Waals surface area contributed by atoms with Gasteiger partial charge in [-0.1, -0.05) is 19.8 Å². The summed E-state index contributed by atoms with van der Waals surface area (Å²) in [5.41, 5.74) is 0. The summed E-state index contributed by atoms with van der Waals surface area (Å²) in [4.78, 5) is 11.3. The molecule has 1 heterocycles. The molecule has 0 aliphatic heterocycles. The molecule has 83 valence electrons. The average molecular weight is 211 g/mol. The second-order valence-corrected chi connectivity index (χ2v) is 3.25. The Kier molecular flexibility index (Phi) is 4.90. The van der Waals surface area contributed by atoms with Crippen LogP contribution >= 0.6 is 0 Å². The molecule has 4 nitrogen and oxygen atoms in total. The van der Waals surface area contributed by atoms with Gasteiger partial charge >= 0.3 is 5.97 Å². The monoisotopic (exact) mass is 211 g/mol. The van der Waals surface area contributed by atoms with E-state index in [-0.39, 0.29) is 11.5 Å². The van der Waals surface area contributed by atoms with Crippen LogP contribution in [0.5, 0.6) is 0 Å². The first kappa shape index (κ1) is 11.8. The molecule has 1 rings (SSSR count). The topological polar surface area (TPSA) is 59.3 Å². The van der Waals surface area contributed by atoms with Gasteiger partial charge in [-0.15, -0.1) is 0 Å². The largest absolute Gasteiger partial charge is 0.460 e. The van der Waals surface area contributed by atoms with E-state index in [1.165, 1.54) is 12.1 Å². The second-order valence-electron chi connectivity index (χ2n) is 3.25. The molecule has 0 N–H and O–H groups in total. The van der Waals surface area contributed by atoms with Crippen molar-refractivity contribution in [2.24, 2.45) is 0 Å². The van der Waals surface area contributed by atoms with Crippen molar-refractivity contribution in [1.82, 2.24) is 0 Å². The third-order valence-corrected chi connectivity index (χ3v) is 1.99. The van der Waals surface area contributed by atoms with Crippen LogP contribution in [0.1, 0.15) is 42.5 Å². The van der Waals surface area contributed by atoms with Crippen LogP contribution in [0.2, 0.25) is 0 Å². The number of hydrogen-bond acceptors (Lipinski definition) is 3. The Balaban J connectivity index is 2.33. The molecule has 0 saturated heterocycles. The van der Waals surface area contributed by atoms with Gasteiger partial charge in [-0.25, -0.2) is 9.90 Å². The minimum atomic E-state index is -0.495. The van der Waals surface area contributed by atoms with Crippen molar-refractivity contribution in [3.63, 3.8) is 0 Å². The fraction of sp³-hybridized carbons (Fsp3) is 0.545. The molecule has 0 amide bonds. The molecule has 0 unspecified atom stereocenters. The normalized spacial score (nSPS) is 10.3. The number of esters is 1. The number of carbonyl (C=O) groups excluding carboxylic acids is 1. The van der Waals surface area contributed by atoms with Gasteiger partial charge in [0, 0.05) is 0 Å². The van der Waals surface area contributed by atoms with Crippen LogP contribution in [0.4, 0.5) is 0 Å². The quantitative estimate of drug-likeness (QED) is 0.536. The molecular formula is C11H15O4. The fourth-order valence-corrected chi connectivity index (χ4v) is 1.15. The molecule has 0 fully saturated rings. The third kappa shape index (κ3) is 3.75. The third-order valence-electron chi connectivity index (χ3n) is 1.99. The fourth-order valence-electron chi connectivity index (χ4n) is 1.15. The first-order valence-corrected chi connectivity index (χ1v) is 5.12. The summed E-state index contributed by atoms with van der Waals surface area (Å²) in [7, 11) is 0. The molecule has 0 aliphatic carbocycles. The van der Waals surface area contributed by atoms with Gasteiger partial charge in [-0.05, 0) is 18.6 Å². The summed E-state index contributed by atoms with van der Waals surface area (Å²) in [6.45, 7) is 2.03. The zero-order valence-electron chi connectivity index (χ0n) is 8.82. The van der Waals surface area contributed by atoms with E-state index in [9.17, 15) is 9.90 Å². The molecule has 0 spiro atoms. The van der Waals surface area contributed by atoms with Crippen molar-refractivity contribution in [2.75, 3.05) is 6.61 Å². The maximum absolute atomic E-state index is 11.3. The Morgan fingerprint density at radius 1 is 1.40 bits per heavy atom. The Hall–Kier alpha value is -1.29. The molecule has 1 radical (unpaired) electrons. The molecule has 0 atom stereocenters. The maximum atomic E-state index is 11.3. The molecule has 0 aliphatic rings. The summed E-state index contributed by atoms with van der Waals surface area (Å²) in [6.07, 6.45) is 2.98. The molecule has 1 aromatic rings. The molecule has 15 heavy (non-hydrogen) atoms. The molecule has 0 bridgehead atoms. The highest BCUT2D eigenvalue weighted by Gasteiger charge is 2.11. The average Bonchev–Trinajstić information content (AvgIpc) is 2.72. The lowest BCUT2D eigenvalue weighted by Crippen LogP contribution is -2.05. The highest BCUT2D eigenvalue weighted by atomic mass is 16.5. The van der Waals surface area contributed by atoms with Crippen molar-refractivity contribution < 1.29 is 19.1 Å². The number of carbonyl (C=O) groups is 1. The Morgan fingerprint density at radius 3 is 2.80 bits per heavy atom. The summed E-state index contributed by atoms with van der Waals surface area (Å²) in [6, 6.07) is 2.96. The van der Waals surface area contributed by atoms with Crippen LogP contribution in [0.3, 0.4) is 0 Å². The van der Waals surface area contributed by atoms with Gasteiger partial charge in [-0.3, -0.25) is 0 Å². The van der Waals surface area contributed by atoms with E-state index >= 15 is 0 Å². The van der Waals surface area contributed by atoms with E-state index in [1.54, 1.807) is 0 Å². The Labute approximate surface area is 88.8 Å². The minimum Gasteiger partial charge on any atom is -0.460 e. The van der Waals surface area contributed by atoms with Gasteiger partial charge in [0.1, 0.15) is 12.4 Å². The lowest BCUT2D eigenvalue weighted by atomic mass is 10.3. The van der Waals surface area contributed by atoms with E-state index in [4.69, 9.17) is 9.15 Å². The highest BCUT2D eigenvalue weighted by molar-refractivity contribution is 5.86. The molecule has 4 heteroatoms. The first-order chi connectivity index (χ1) is 7.27. The summed E-state index contributed by atoms with van der Waals surface area (Å²) < 4.78 is 9.92. The van der Waals surface area contributed by atoms with Crippen molar-refractivity contribution in [3.05, 3.63) is 23.7 Å². The van der Waals surface area contributed by atoms with Crippen LogP contribution in [-0.2, 0) is 16.5 Å². The highest BCUT2D eigenvalue weighted by Crippen LogP contribution is 2.09. The van der Waals surface area contributed by atoms with Crippen molar-refractivity contribution >= 4 is 5.97 Å². The van der Waals surface area contributed by atoms with Crippen LogP contribution in [-0.4, -0.2) is 12.6 Å². The molecular weight excluding hydrogens is 196 g/mol. The van der Waals surface area contributed by atoms with E-state index in [1.807, 2.05) is 0 Å². The number of ether oxygens (including phenoxy) is 1. The van der Waals surface area contributed by atoms with E-state index in [0.717, 1.165) is 19.3 Å². The van der Waals surface area contributed by atoms with Gasteiger partial charge in [0.2, 0.25) is 5.76 Å². The van der Waals surface area contributed by atoms with Crippen molar-refractivity contribution in [2.45, 2.75) is 32.8 Å². The smallest absolute Gasteiger partial charge is 0.374 e. The summed E-state index contributed by atoms with van der Waals surface area (Å²) in [5, 5.41) is 10.4. The standard InChI is InChI=1S/C11H15O4/c1-2-3-4-7-14-11(13)10-6-5-9(8-12)15-10/h5-6H,2-4,7-8H2,1H3. The maximum Gasteiger partial charge on any atom is 0.374 e. The van der Waals surface area contributed by atoms with Gasteiger partial charge in [0.05, 0.1) is 6.61 Å². The predicted molar refractivity (Wildman–Crippen MR) is 52.9 cm³/mol. The Bertz CT molecular complexity index is 303. The number of unbranched alkanes of at least 4 members (excludes halogenated alkanes) is 2. The van der Waals surface area contributed by atoms with Gasteiger partial charge in [0.25, 0.3) is 0 Å². The predicted octanol–water partition coefficient (Wildman–Crippen LogP) is 2.56. The first-order valence-electron chi connectivity index (χ1n) is 5.12. The molecule has 0 saturated carbocycles. The van der Waals surface area contributed by atoms with E-state index in [2.05, 4.69) is 6.92 Å². The van der Waals surface area contributed by atoms with Crippen LogP contribution < -0.4 is 0 Å². The second kappa shape index (κ2) is 6.24. The minimum absolute atomic E-state index is 0.109. The SMILES string of the molecule is CCCCCOC(=O)c1ccc(C[O])o1. The van der Waals surface area contributed by atoms with Crippen LogP contribution in [0.25, 0.3) is 0 Å². The van der Waals surface area contributed by atoms with Crippen molar-refractivity contribution in [3.8, 4) is 0 Å². The van der Waals surface area contributed by atoms with Gasteiger partial charge in [0.15, 0.2) is 0 Å². The van der Waals surface area contributed by atoms with Crippen LogP contribution in [0, 0.1) is 0 Å².